The number of nitrogens with one attached hydrogen (secondary N) is 1. The van der Waals surface area contributed by atoms with Crippen LogP contribution in [-0.2, 0) is 17.8 Å². The Bertz CT molecular complexity index is 295. The van der Waals surface area contributed by atoms with Crippen molar-refractivity contribution in [1.82, 2.24) is 14.9 Å². The van der Waals surface area contributed by atoms with Crippen LogP contribution in [-0.4, -0.2) is 28.5 Å². The van der Waals surface area contributed by atoms with Gasteiger partial charge >= 0.3 is 0 Å². The van der Waals surface area contributed by atoms with E-state index < -0.39 is 0 Å². The summed E-state index contributed by atoms with van der Waals surface area (Å²) in [7, 11) is 0. The molecule has 5 nitrogen and oxygen atoms in total. The summed E-state index contributed by atoms with van der Waals surface area (Å²) >= 11 is 0. The standard InChI is InChI=1S/C9H16N4O/c1-2-8-11-5-6-13(8)7-9(14)12-4-3-10/h5-6H,2-4,7,10H2,1H3,(H,12,14). The third-order valence-corrected chi connectivity index (χ3v) is 1.90. The Kier molecular flexibility index (Phi) is 4.12. The van der Waals surface area contributed by atoms with E-state index in [1.165, 1.54) is 0 Å². The molecule has 0 fully saturated rings. The number of carbonyl (C=O) groups excluding carboxylic acids is 1. The summed E-state index contributed by atoms with van der Waals surface area (Å²) in [6.07, 6.45) is 4.34. The van der Waals surface area contributed by atoms with E-state index >= 15 is 0 Å². The van der Waals surface area contributed by atoms with Crippen molar-refractivity contribution >= 4 is 5.91 Å². The first-order chi connectivity index (χ1) is 6.77. The third-order valence-electron chi connectivity index (χ3n) is 1.90. The number of nitrogens with two attached hydrogens (primary N) is 1. The van der Waals surface area contributed by atoms with Gasteiger partial charge in [0.15, 0.2) is 0 Å². The van der Waals surface area contributed by atoms with Crippen molar-refractivity contribution in [3.05, 3.63) is 18.2 Å². The van der Waals surface area contributed by atoms with Gasteiger partial charge in [0, 0.05) is 31.9 Å². The monoisotopic (exact) mass is 196 g/mol. The molecule has 0 radical (unpaired) electrons. The van der Waals surface area contributed by atoms with Gasteiger partial charge in [0.05, 0.1) is 0 Å². The fourth-order valence-corrected chi connectivity index (χ4v) is 1.22. The van der Waals surface area contributed by atoms with Crippen molar-refractivity contribution in [2.45, 2.75) is 19.9 Å². The van der Waals surface area contributed by atoms with Crippen LogP contribution in [0.1, 0.15) is 12.7 Å². The maximum Gasteiger partial charge on any atom is 0.240 e. The molecule has 3 N–H and O–H groups in total. The first kappa shape index (κ1) is 10.7. The minimum atomic E-state index is -0.0249. The van der Waals surface area contributed by atoms with Crippen LogP contribution < -0.4 is 11.1 Å². The molecule has 5 heteroatoms. The SMILES string of the molecule is CCc1nccn1CC(=O)NCCN. The summed E-state index contributed by atoms with van der Waals surface area (Å²) < 4.78 is 1.84. The maximum atomic E-state index is 11.3. The fourth-order valence-electron chi connectivity index (χ4n) is 1.22. The van der Waals surface area contributed by atoms with Gasteiger partial charge in [-0.25, -0.2) is 4.98 Å². The summed E-state index contributed by atoms with van der Waals surface area (Å²) in [6.45, 7) is 3.32. The predicted octanol–water partition coefficient (Wildman–Crippen LogP) is -0.480. The second kappa shape index (κ2) is 5.39. The van der Waals surface area contributed by atoms with Crippen LogP contribution in [0.25, 0.3) is 0 Å². The van der Waals surface area contributed by atoms with E-state index in [1.807, 2.05) is 11.5 Å². The molecule has 0 spiro atoms. The number of nitrogens with zero attached hydrogens (tertiary/aromatic N) is 2. The molecule has 0 atom stereocenters. The largest absolute Gasteiger partial charge is 0.353 e. The number of aryl methyl sites for hydroxylation is 1. The van der Waals surface area contributed by atoms with Crippen LogP contribution in [0.2, 0.25) is 0 Å². The maximum absolute atomic E-state index is 11.3. The Balaban J connectivity index is 2.47. The summed E-state index contributed by atoms with van der Waals surface area (Å²) in [5, 5.41) is 2.71. The van der Waals surface area contributed by atoms with E-state index in [4.69, 9.17) is 5.73 Å². The fraction of sp³-hybridized carbons (Fsp3) is 0.556. The molecule has 0 unspecified atom stereocenters. The number of imidazole rings is 1. The number of aromatic nitrogens is 2. The van der Waals surface area contributed by atoms with E-state index in [9.17, 15) is 4.79 Å². The van der Waals surface area contributed by atoms with Crippen molar-refractivity contribution in [1.29, 1.82) is 0 Å². The molecule has 14 heavy (non-hydrogen) atoms. The van der Waals surface area contributed by atoms with Gasteiger partial charge in [-0.15, -0.1) is 0 Å². The van der Waals surface area contributed by atoms with Crippen molar-refractivity contribution in [2.24, 2.45) is 5.73 Å². The Morgan fingerprint density at radius 1 is 1.71 bits per heavy atom. The van der Waals surface area contributed by atoms with Gasteiger partial charge in [0.1, 0.15) is 12.4 Å². The third kappa shape index (κ3) is 2.85. The highest BCUT2D eigenvalue weighted by Gasteiger charge is 2.04. The number of hydrogen-bond donors (Lipinski definition) is 2. The smallest absolute Gasteiger partial charge is 0.240 e. The van der Waals surface area contributed by atoms with E-state index in [0.29, 0.717) is 19.6 Å². The number of rotatable bonds is 5. The molecular weight excluding hydrogens is 180 g/mol. The summed E-state index contributed by atoms with van der Waals surface area (Å²) in [6, 6.07) is 0. The lowest BCUT2D eigenvalue weighted by atomic mass is 10.4. The van der Waals surface area contributed by atoms with Crippen molar-refractivity contribution in [2.75, 3.05) is 13.1 Å². The molecule has 1 aromatic rings. The molecular formula is C9H16N4O. The quantitative estimate of drug-likeness (QED) is 0.668. The molecule has 78 valence electrons. The molecule has 1 amide bonds. The second-order valence-corrected chi connectivity index (χ2v) is 2.96. The number of amides is 1. The molecule has 0 saturated carbocycles. The summed E-state index contributed by atoms with van der Waals surface area (Å²) in [5.41, 5.74) is 5.27. The van der Waals surface area contributed by atoms with Gasteiger partial charge in [-0.3, -0.25) is 4.79 Å². The average Bonchev–Trinajstić information content (AvgIpc) is 2.62. The van der Waals surface area contributed by atoms with Crippen molar-refractivity contribution < 1.29 is 4.79 Å². The van der Waals surface area contributed by atoms with Gasteiger partial charge in [0.25, 0.3) is 0 Å². The minimum Gasteiger partial charge on any atom is -0.353 e. The molecule has 1 heterocycles. The van der Waals surface area contributed by atoms with Crippen LogP contribution in [0.15, 0.2) is 12.4 Å². The first-order valence-corrected chi connectivity index (χ1v) is 4.74. The average molecular weight is 196 g/mol. The van der Waals surface area contributed by atoms with Crippen molar-refractivity contribution in [3.8, 4) is 0 Å². The lowest BCUT2D eigenvalue weighted by Crippen LogP contribution is -2.32. The Morgan fingerprint density at radius 3 is 3.14 bits per heavy atom. The molecule has 0 saturated heterocycles. The minimum absolute atomic E-state index is 0.0249. The highest BCUT2D eigenvalue weighted by Crippen LogP contribution is 1.97. The Hall–Kier alpha value is -1.36. The molecule has 0 aromatic carbocycles. The lowest BCUT2D eigenvalue weighted by molar-refractivity contribution is -0.121. The first-order valence-electron chi connectivity index (χ1n) is 4.74. The van der Waals surface area contributed by atoms with Gasteiger partial charge in [-0.1, -0.05) is 6.92 Å². The van der Waals surface area contributed by atoms with Crippen LogP contribution in [0.4, 0.5) is 0 Å². The van der Waals surface area contributed by atoms with Gasteiger partial charge in [-0.05, 0) is 0 Å². The van der Waals surface area contributed by atoms with Crippen LogP contribution in [0.3, 0.4) is 0 Å². The summed E-state index contributed by atoms with van der Waals surface area (Å²) in [5.74, 6) is 0.899. The zero-order valence-electron chi connectivity index (χ0n) is 8.36. The normalized spacial score (nSPS) is 10.1. The highest BCUT2D eigenvalue weighted by molar-refractivity contribution is 5.75. The van der Waals surface area contributed by atoms with Crippen molar-refractivity contribution in [3.63, 3.8) is 0 Å². The number of carbonyl (C=O) groups is 1. The van der Waals surface area contributed by atoms with Gasteiger partial charge in [-0.2, -0.15) is 0 Å². The Morgan fingerprint density at radius 2 is 2.50 bits per heavy atom. The van der Waals surface area contributed by atoms with E-state index in [2.05, 4.69) is 10.3 Å². The predicted molar refractivity (Wildman–Crippen MR) is 53.7 cm³/mol. The molecule has 0 bridgehead atoms. The zero-order chi connectivity index (χ0) is 10.4. The van der Waals surface area contributed by atoms with Crippen LogP contribution in [0.5, 0.6) is 0 Å². The highest BCUT2D eigenvalue weighted by atomic mass is 16.1. The number of hydrogen-bond acceptors (Lipinski definition) is 3. The molecule has 0 aliphatic carbocycles. The molecule has 1 rings (SSSR count). The van der Waals surface area contributed by atoms with Crippen LogP contribution >= 0.6 is 0 Å². The second-order valence-electron chi connectivity index (χ2n) is 2.96. The van der Waals surface area contributed by atoms with E-state index in [1.54, 1.807) is 12.4 Å². The lowest BCUT2D eigenvalue weighted by Gasteiger charge is -2.06. The molecule has 1 aromatic heterocycles. The summed E-state index contributed by atoms with van der Waals surface area (Å²) in [4.78, 5) is 15.4. The van der Waals surface area contributed by atoms with Gasteiger partial charge < -0.3 is 15.6 Å². The Labute approximate surface area is 83.3 Å². The zero-order valence-corrected chi connectivity index (χ0v) is 8.36. The van der Waals surface area contributed by atoms with E-state index in [0.717, 1.165) is 12.2 Å². The van der Waals surface area contributed by atoms with E-state index in [-0.39, 0.29) is 5.91 Å². The molecule has 0 aliphatic rings. The molecule has 0 aliphatic heterocycles. The van der Waals surface area contributed by atoms with Gasteiger partial charge in [0.2, 0.25) is 5.91 Å². The van der Waals surface area contributed by atoms with Crippen LogP contribution in [0, 0.1) is 0 Å². The topological polar surface area (TPSA) is 72.9 Å².